The smallest absolute Gasteiger partial charge is 0.319 e. The van der Waals surface area contributed by atoms with Gasteiger partial charge in [0.25, 0.3) is 0 Å². The van der Waals surface area contributed by atoms with Gasteiger partial charge in [-0.15, -0.1) is 0 Å². The third kappa shape index (κ3) is 5.36. The lowest BCUT2D eigenvalue weighted by Crippen LogP contribution is -2.41. The molecule has 1 N–H and O–H groups in total. The highest BCUT2D eigenvalue weighted by molar-refractivity contribution is 5.71. The second kappa shape index (κ2) is 7.74. The molecule has 0 amide bonds. The van der Waals surface area contributed by atoms with Gasteiger partial charge in [-0.3, -0.25) is 9.69 Å². The first-order valence-corrected chi connectivity index (χ1v) is 7.01. The molecule has 1 aliphatic rings. The number of rotatable bonds is 7. The van der Waals surface area contributed by atoms with Gasteiger partial charge in [-0.25, -0.2) is 0 Å². The lowest BCUT2D eigenvalue weighted by Gasteiger charge is -2.28. The lowest BCUT2D eigenvalue weighted by molar-refractivity contribution is -0.142. The maximum atomic E-state index is 11.3. The molecule has 1 aliphatic carbocycles. The number of methoxy groups -OCH3 is 1. The zero-order chi connectivity index (χ0) is 13.5. The molecule has 0 bridgehead atoms. The van der Waals surface area contributed by atoms with Crippen molar-refractivity contribution in [3.63, 3.8) is 0 Å². The topological polar surface area (TPSA) is 49.8 Å². The molecule has 0 aromatic heterocycles. The Kier molecular flexibility index (Phi) is 6.65. The minimum absolute atomic E-state index is 0.238. The van der Waals surface area contributed by atoms with Crippen LogP contribution in [0.3, 0.4) is 0 Å². The summed E-state index contributed by atoms with van der Waals surface area (Å²) < 4.78 is 4.68. The normalized spacial score (nSPS) is 18.6. The first-order chi connectivity index (χ1) is 8.52. The van der Waals surface area contributed by atoms with E-state index in [-0.39, 0.29) is 24.7 Å². The van der Waals surface area contributed by atoms with Gasteiger partial charge in [-0.05, 0) is 26.2 Å². The Hall–Kier alpha value is -0.610. The molecular formula is C14H27NO3. The molecule has 0 aromatic rings. The molecule has 0 aromatic carbocycles. The Morgan fingerprint density at radius 3 is 2.50 bits per heavy atom. The summed E-state index contributed by atoms with van der Waals surface area (Å²) in [5.74, 6) is 0.434. The van der Waals surface area contributed by atoms with E-state index in [2.05, 4.69) is 4.74 Å². The fraction of sp³-hybridized carbons (Fsp3) is 0.929. The van der Waals surface area contributed by atoms with Crippen molar-refractivity contribution in [2.75, 3.05) is 20.2 Å². The SMILES string of the molecule is COC(=O)CN(CC(O)CC1CCCC1)C(C)C. The van der Waals surface area contributed by atoms with Crippen molar-refractivity contribution < 1.29 is 14.6 Å². The second-order valence-electron chi connectivity index (χ2n) is 5.64. The highest BCUT2D eigenvalue weighted by Gasteiger charge is 2.22. The average Bonchev–Trinajstić information content (AvgIpc) is 2.80. The zero-order valence-electron chi connectivity index (χ0n) is 11.9. The van der Waals surface area contributed by atoms with Crippen molar-refractivity contribution in [3.8, 4) is 0 Å². The Labute approximate surface area is 110 Å². The average molecular weight is 257 g/mol. The summed E-state index contributed by atoms with van der Waals surface area (Å²) in [4.78, 5) is 13.3. The van der Waals surface area contributed by atoms with Crippen molar-refractivity contribution >= 4 is 5.97 Å². The molecule has 1 saturated carbocycles. The number of hydrogen-bond donors (Lipinski definition) is 1. The van der Waals surface area contributed by atoms with E-state index in [1.54, 1.807) is 0 Å². The van der Waals surface area contributed by atoms with E-state index in [1.165, 1.54) is 32.8 Å². The number of aliphatic hydroxyl groups excluding tert-OH is 1. The summed E-state index contributed by atoms with van der Waals surface area (Å²) in [6.45, 7) is 4.88. The molecule has 106 valence electrons. The Morgan fingerprint density at radius 1 is 1.39 bits per heavy atom. The van der Waals surface area contributed by atoms with Crippen LogP contribution in [0.25, 0.3) is 0 Å². The molecular weight excluding hydrogens is 230 g/mol. The van der Waals surface area contributed by atoms with Crippen LogP contribution in [-0.2, 0) is 9.53 Å². The Bertz CT molecular complexity index is 249. The van der Waals surface area contributed by atoms with Crippen LogP contribution in [0.4, 0.5) is 0 Å². The van der Waals surface area contributed by atoms with Gasteiger partial charge in [0.1, 0.15) is 0 Å². The second-order valence-corrected chi connectivity index (χ2v) is 5.64. The van der Waals surface area contributed by atoms with Crippen molar-refractivity contribution in [3.05, 3.63) is 0 Å². The molecule has 4 heteroatoms. The van der Waals surface area contributed by atoms with Crippen LogP contribution >= 0.6 is 0 Å². The van der Waals surface area contributed by atoms with E-state index in [4.69, 9.17) is 0 Å². The predicted octanol–water partition coefficient (Wildman–Crippen LogP) is 1.81. The minimum Gasteiger partial charge on any atom is -0.468 e. The van der Waals surface area contributed by atoms with Gasteiger partial charge in [0, 0.05) is 12.6 Å². The van der Waals surface area contributed by atoms with Gasteiger partial charge in [-0.2, -0.15) is 0 Å². The monoisotopic (exact) mass is 257 g/mol. The van der Waals surface area contributed by atoms with E-state index in [1.807, 2.05) is 18.7 Å². The van der Waals surface area contributed by atoms with Crippen LogP contribution in [0.15, 0.2) is 0 Å². The first kappa shape index (κ1) is 15.4. The summed E-state index contributed by atoms with van der Waals surface area (Å²) in [6.07, 6.45) is 5.62. The lowest BCUT2D eigenvalue weighted by atomic mass is 9.99. The molecule has 4 nitrogen and oxygen atoms in total. The van der Waals surface area contributed by atoms with Crippen LogP contribution in [0.1, 0.15) is 46.0 Å². The van der Waals surface area contributed by atoms with Crippen LogP contribution in [0.2, 0.25) is 0 Å². The van der Waals surface area contributed by atoms with Crippen LogP contribution in [-0.4, -0.2) is 48.3 Å². The third-order valence-corrected chi connectivity index (χ3v) is 3.82. The molecule has 1 rings (SSSR count). The Balaban J connectivity index is 2.36. The molecule has 0 aliphatic heterocycles. The van der Waals surface area contributed by atoms with Gasteiger partial charge >= 0.3 is 5.97 Å². The first-order valence-electron chi connectivity index (χ1n) is 7.01. The molecule has 0 saturated heterocycles. The number of carbonyl (C=O) groups is 1. The summed E-state index contributed by atoms with van der Waals surface area (Å²) >= 11 is 0. The summed E-state index contributed by atoms with van der Waals surface area (Å²) in [7, 11) is 1.40. The molecule has 0 heterocycles. The molecule has 1 fully saturated rings. The highest BCUT2D eigenvalue weighted by Crippen LogP contribution is 2.28. The molecule has 0 radical (unpaired) electrons. The summed E-state index contributed by atoms with van der Waals surface area (Å²) in [5, 5.41) is 10.1. The number of aliphatic hydroxyl groups is 1. The summed E-state index contributed by atoms with van der Waals surface area (Å²) in [6, 6.07) is 0.238. The van der Waals surface area contributed by atoms with E-state index < -0.39 is 0 Å². The fourth-order valence-corrected chi connectivity index (χ4v) is 2.66. The van der Waals surface area contributed by atoms with E-state index in [0.29, 0.717) is 12.5 Å². The predicted molar refractivity (Wildman–Crippen MR) is 71.3 cm³/mol. The molecule has 1 atom stereocenters. The van der Waals surface area contributed by atoms with E-state index in [0.717, 1.165) is 6.42 Å². The van der Waals surface area contributed by atoms with Gasteiger partial charge in [0.15, 0.2) is 0 Å². The largest absolute Gasteiger partial charge is 0.468 e. The number of carbonyl (C=O) groups excluding carboxylic acids is 1. The number of nitrogens with zero attached hydrogens (tertiary/aromatic N) is 1. The molecule has 0 spiro atoms. The highest BCUT2D eigenvalue weighted by atomic mass is 16.5. The van der Waals surface area contributed by atoms with Crippen molar-refractivity contribution in [1.82, 2.24) is 4.90 Å². The van der Waals surface area contributed by atoms with Crippen molar-refractivity contribution in [2.24, 2.45) is 5.92 Å². The summed E-state index contributed by atoms with van der Waals surface area (Å²) in [5.41, 5.74) is 0. The fourth-order valence-electron chi connectivity index (χ4n) is 2.66. The molecule has 1 unspecified atom stereocenters. The Morgan fingerprint density at radius 2 is 2.00 bits per heavy atom. The van der Waals surface area contributed by atoms with E-state index in [9.17, 15) is 9.90 Å². The van der Waals surface area contributed by atoms with Crippen molar-refractivity contribution in [2.45, 2.75) is 58.1 Å². The quantitative estimate of drug-likeness (QED) is 0.707. The minimum atomic E-state index is -0.333. The van der Waals surface area contributed by atoms with Gasteiger partial charge in [0.2, 0.25) is 0 Å². The maximum absolute atomic E-state index is 11.3. The number of ether oxygens (including phenoxy) is 1. The maximum Gasteiger partial charge on any atom is 0.319 e. The molecule has 18 heavy (non-hydrogen) atoms. The van der Waals surface area contributed by atoms with Crippen LogP contribution in [0.5, 0.6) is 0 Å². The van der Waals surface area contributed by atoms with Crippen LogP contribution in [0, 0.1) is 5.92 Å². The number of esters is 1. The van der Waals surface area contributed by atoms with Gasteiger partial charge in [-0.1, -0.05) is 25.7 Å². The van der Waals surface area contributed by atoms with Gasteiger partial charge < -0.3 is 9.84 Å². The van der Waals surface area contributed by atoms with Gasteiger partial charge in [0.05, 0.1) is 19.8 Å². The van der Waals surface area contributed by atoms with Crippen molar-refractivity contribution in [1.29, 1.82) is 0 Å². The van der Waals surface area contributed by atoms with Crippen LogP contribution < -0.4 is 0 Å². The number of hydrogen-bond acceptors (Lipinski definition) is 4. The third-order valence-electron chi connectivity index (χ3n) is 3.82. The van der Waals surface area contributed by atoms with E-state index >= 15 is 0 Å². The zero-order valence-corrected chi connectivity index (χ0v) is 11.9. The standard InChI is InChI=1S/C14H27NO3/c1-11(2)15(10-14(17)18-3)9-13(16)8-12-6-4-5-7-12/h11-13,16H,4-10H2,1-3H3.